The van der Waals surface area contributed by atoms with Gasteiger partial charge in [-0.05, 0) is 5.53 Å². The maximum atomic E-state index is 10.9. The number of rotatable bonds is 5. The predicted molar refractivity (Wildman–Crippen MR) is 55.6 cm³/mol. The van der Waals surface area contributed by atoms with E-state index in [1.54, 1.807) is 0 Å². The quantitative estimate of drug-likeness (QED) is 0.197. The molecule has 0 radical (unpaired) electrons. The molecule has 4 N–H and O–H groups in total. The summed E-state index contributed by atoms with van der Waals surface area (Å²) in [4.78, 5) is 17.7. The number of hydrogen-bond acceptors (Lipinski definition) is 7. The molecule has 102 valence electrons. The minimum atomic E-state index is -1.45. The van der Waals surface area contributed by atoms with Gasteiger partial charge in [-0.15, -0.1) is 0 Å². The molecular formula is C8H14N4O6. The molecule has 1 amide bonds. The maximum absolute atomic E-state index is 10.9. The minimum Gasteiger partial charge on any atom is -0.425 e. The van der Waals surface area contributed by atoms with Crippen molar-refractivity contribution in [2.24, 2.45) is 5.28 Å². The fourth-order valence-electron chi connectivity index (χ4n) is 1.68. The molecule has 0 spiro atoms. The first-order valence-electron chi connectivity index (χ1n) is 5.11. The van der Waals surface area contributed by atoms with Gasteiger partial charge >= 0.3 is 0 Å². The average molecular weight is 262 g/mol. The van der Waals surface area contributed by atoms with Crippen molar-refractivity contribution in [2.45, 2.75) is 37.6 Å². The third-order valence-electron chi connectivity index (χ3n) is 2.44. The highest BCUT2D eigenvalue weighted by Gasteiger charge is 2.47. The molecule has 0 aromatic rings. The monoisotopic (exact) mass is 262 g/mol. The van der Waals surface area contributed by atoms with Crippen LogP contribution < -0.4 is 5.32 Å². The average Bonchev–Trinajstić information content (AvgIpc) is 2.58. The van der Waals surface area contributed by atoms with E-state index >= 15 is 0 Å². The summed E-state index contributed by atoms with van der Waals surface area (Å²) in [6, 6.07) is -1.05. The number of hydrogen-bond donors (Lipinski definition) is 4. The van der Waals surface area contributed by atoms with E-state index in [9.17, 15) is 15.0 Å². The molecule has 1 heterocycles. The van der Waals surface area contributed by atoms with E-state index in [2.05, 4.69) is 20.3 Å². The van der Waals surface area contributed by atoms with Gasteiger partial charge in [0.25, 0.3) is 0 Å². The van der Waals surface area contributed by atoms with Crippen molar-refractivity contribution in [1.29, 1.82) is 0 Å². The van der Waals surface area contributed by atoms with Gasteiger partial charge in [0, 0.05) is 11.8 Å². The van der Waals surface area contributed by atoms with Gasteiger partial charge in [0.2, 0.25) is 5.91 Å². The summed E-state index contributed by atoms with van der Waals surface area (Å²) in [6.07, 6.45) is -5.04. The summed E-state index contributed by atoms with van der Waals surface area (Å²) in [5, 5.41) is 33.5. The van der Waals surface area contributed by atoms with Gasteiger partial charge < -0.3 is 30.2 Å². The van der Waals surface area contributed by atoms with Gasteiger partial charge in [0.05, 0.1) is 6.61 Å². The molecule has 1 saturated heterocycles. The Hall–Kier alpha value is -1.58. The second-order valence-electron chi connectivity index (χ2n) is 3.71. The van der Waals surface area contributed by atoms with Crippen molar-refractivity contribution in [2.75, 3.05) is 6.61 Å². The fourth-order valence-corrected chi connectivity index (χ4v) is 1.68. The molecule has 1 aliphatic heterocycles. The molecule has 1 aliphatic rings. The van der Waals surface area contributed by atoms with Crippen LogP contribution in [0.5, 0.6) is 0 Å². The first-order chi connectivity index (χ1) is 8.51. The Morgan fingerprint density at radius 2 is 2.33 bits per heavy atom. The van der Waals surface area contributed by atoms with Gasteiger partial charge in [-0.3, -0.25) is 4.79 Å². The SMILES string of the molecule is CC(=O)N[C@@H]1C(O)O[C@H]([C@@H](CO)ON=[N+]=[N-])[C@@H]1O. The lowest BCUT2D eigenvalue weighted by Gasteiger charge is -2.22. The van der Waals surface area contributed by atoms with E-state index in [0.717, 1.165) is 0 Å². The molecule has 0 aromatic heterocycles. The highest BCUT2D eigenvalue weighted by molar-refractivity contribution is 5.73. The molecule has 0 saturated carbocycles. The van der Waals surface area contributed by atoms with Crippen molar-refractivity contribution in [3.05, 3.63) is 10.4 Å². The second-order valence-corrected chi connectivity index (χ2v) is 3.71. The zero-order chi connectivity index (χ0) is 13.7. The van der Waals surface area contributed by atoms with Crippen molar-refractivity contribution in [3.8, 4) is 0 Å². The third kappa shape index (κ3) is 3.22. The number of nitrogens with one attached hydrogen (secondary N) is 1. The number of carbonyl (C=O) groups excluding carboxylic acids is 1. The number of nitrogens with zero attached hydrogens (tertiary/aromatic N) is 3. The Morgan fingerprint density at radius 1 is 1.67 bits per heavy atom. The van der Waals surface area contributed by atoms with E-state index in [-0.39, 0.29) is 0 Å². The summed E-state index contributed by atoms with van der Waals surface area (Å²) in [5.41, 5.74) is 8.08. The Balaban J connectivity index is 2.73. The van der Waals surface area contributed by atoms with Crippen LogP contribution in [0.25, 0.3) is 10.4 Å². The molecular weight excluding hydrogens is 248 g/mol. The first kappa shape index (κ1) is 14.5. The van der Waals surface area contributed by atoms with Gasteiger partial charge in [0.1, 0.15) is 23.5 Å². The molecule has 1 rings (SSSR count). The third-order valence-corrected chi connectivity index (χ3v) is 2.44. The van der Waals surface area contributed by atoms with Crippen molar-refractivity contribution in [1.82, 2.24) is 5.32 Å². The lowest BCUT2D eigenvalue weighted by atomic mass is 10.0. The number of ether oxygens (including phenoxy) is 1. The lowest BCUT2D eigenvalue weighted by molar-refractivity contribution is -0.155. The van der Waals surface area contributed by atoms with E-state index in [4.69, 9.17) is 15.4 Å². The van der Waals surface area contributed by atoms with Crippen LogP contribution in [0.4, 0.5) is 0 Å². The molecule has 18 heavy (non-hydrogen) atoms. The minimum absolute atomic E-state index is 0.459. The zero-order valence-corrected chi connectivity index (χ0v) is 9.50. The van der Waals surface area contributed by atoms with Crippen LogP contribution in [-0.2, 0) is 14.4 Å². The van der Waals surface area contributed by atoms with Crippen molar-refractivity contribution < 1.29 is 29.7 Å². The van der Waals surface area contributed by atoms with E-state index in [1.165, 1.54) is 6.92 Å². The number of aliphatic hydroxyl groups excluding tert-OH is 3. The smallest absolute Gasteiger partial charge is 0.217 e. The van der Waals surface area contributed by atoms with Gasteiger partial charge in [-0.2, -0.15) is 0 Å². The van der Waals surface area contributed by atoms with E-state index in [0.29, 0.717) is 0 Å². The highest BCUT2D eigenvalue weighted by Crippen LogP contribution is 2.24. The molecule has 5 atom stereocenters. The summed E-state index contributed by atoms with van der Waals surface area (Å²) in [7, 11) is 0. The van der Waals surface area contributed by atoms with Gasteiger partial charge in [-0.1, -0.05) is 0 Å². The van der Waals surface area contributed by atoms with Gasteiger partial charge in [-0.25, -0.2) is 0 Å². The number of azide groups is 1. The van der Waals surface area contributed by atoms with Crippen LogP contribution in [-0.4, -0.2) is 58.5 Å². The number of aliphatic hydroxyl groups is 3. The standard InChI is InChI=1S/C8H14N4O6/c1-3(14)10-5-6(15)7(17-8(5)16)4(2-13)18-12-11-9/h4-8,13,15-16H,2H2,1H3,(H,10,14)/t4-,5+,6-,7-,8?/m1/s1. The van der Waals surface area contributed by atoms with E-state index in [1.807, 2.05) is 0 Å². The molecule has 0 aromatic carbocycles. The topological polar surface area (TPSA) is 157 Å². The Labute approximate surface area is 102 Å². The fraction of sp³-hybridized carbons (Fsp3) is 0.875. The molecule has 10 heteroatoms. The second kappa shape index (κ2) is 6.38. The van der Waals surface area contributed by atoms with Crippen LogP contribution in [0.3, 0.4) is 0 Å². The molecule has 1 fully saturated rings. The normalized spacial score (nSPS) is 32.4. The van der Waals surface area contributed by atoms with Crippen molar-refractivity contribution in [3.63, 3.8) is 0 Å². The Kier molecular flexibility index (Phi) is 5.13. The Morgan fingerprint density at radius 3 is 2.83 bits per heavy atom. The predicted octanol–water partition coefficient (Wildman–Crippen LogP) is -1.83. The maximum Gasteiger partial charge on any atom is 0.217 e. The Bertz CT molecular complexity index is 346. The van der Waals surface area contributed by atoms with Crippen LogP contribution in [0.15, 0.2) is 5.28 Å². The number of amides is 1. The summed E-state index contributed by atoms with van der Waals surface area (Å²) in [5.74, 6) is -0.459. The van der Waals surface area contributed by atoms with E-state index < -0.39 is 43.2 Å². The molecule has 0 bridgehead atoms. The lowest BCUT2D eigenvalue weighted by Crippen LogP contribution is -2.49. The summed E-state index contributed by atoms with van der Waals surface area (Å²) in [6.45, 7) is 0.618. The molecule has 1 unspecified atom stereocenters. The van der Waals surface area contributed by atoms with Crippen LogP contribution in [0.2, 0.25) is 0 Å². The van der Waals surface area contributed by atoms with Crippen LogP contribution >= 0.6 is 0 Å². The molecule has 0 aliphatic carbocycles. The molecule has 10 nitrogen and oxygen atoms in total. The van der Waals surface area contributed by atoms with Gasteiger partial charge in [0.15, 0.2) is 12.4 Å². The zero-order valence-electron chi connectivity index (χ0n) is 9.50. The number of carbonyl (C=O) groups is 1. The summed E-state index contributed by atoms with van der Waals surface area (Å²) < 4.78 is 4.96. The van der Waals surface area contributed by atoms with Crippen LogP contribution in [0.1, 0.15) is 6.92 Å². The highest BCUT2D eigenvalue weighted by atomic mass is 16.7. The van der Waals surface area contributed by atoms with Crippen molar-refractivity contribution >= 4 is 5.91 Å². The van der Waals surface area contributed by atoms with Crippen LogP contribution in [0, 0.1) is 0 Å². The largest absolute Gasteiger partial charge is 0.425 e. The first-order valence-corrected chi connectivity index (χ1v) is 5.11. The summed E-state index contributed by atoms with van der Waals surface area (Å²) >= 11 is 0.